The van der Waals surface area contributed by atoms with Crippen molar-refractivity contribution in [3.05, 3.63) is 72.2 Å². The predicted octanol–water partition coefficient (Wildman–Crippen LogP) is 2.70. The lowest BCUT2D eigenvalue weighted by Gasteiger charge is -2.12. The van der Waals surface area contributed by atoms with Gasteiger partial charge in [-0.25, -0.2) is 4.98 Å². The molecule has 0 aliphatic heterocycles. The fourth-order valence-electron chi connectivity index (χ4n) is 2.36. The summed E-state index contributed by atoms with van der Waals surface area (Å²) in [7, 11) is 0. The van der Waals surface area contributed by atoms with Crippen LogP contribution in [-0.2, 0) is 6.42 Å². The number of rotatable bonds is 4. The van der Waals surface area contributed by atoms with Gasteiger partial charge in [0.1, 0.15) is 11.3 Å². The van der Waals surface area contributed by atoms with Gasteiger partial charge in [-0.05, 0) is 31.0 Å². The normalized spacial score (nSPS) is 12.2. The number of hydrogen-bond donors (Lipinski definition) is 1. The molecule has 1 amide bonds. The number of nitrogens with zero attached hydrogens (tertiary/aromatic N) is 2. The van der Waals surface area contributed by atoms with E-state index in [4.69, 9.17) is 0 Å². The number of amides is 1. The molecule has 0 saturated carbocycles. The van der Waals surface area contributed by atoms with Crippen LogP contribution in [0.4, 0.5) is 0 Å². The van der Waals surface area contributed by atoms with E-state index in [2.05, 4.69) is 22.4 Å². The third-order valence-corrected chi connectivity index (χ3v) is 3.36. The van der Waals surface area contributed by atoms with Gasteiger partial charge in [-0.3, -0.25) is 4.79 Å². The zero-order valence-electron chi connectivity index (χ0n) is 11.9. The van der Waals surface area contributed by atoms with E-state index < -0.39 is 0 Å². The van der Waals surface area contributed by atoms with E-state index in [1.165, 1.54) is 5.56 Å². The quantitative estimate of drug-likeness (QED) is 0.798. The van der Waals surface area contributed by atoms with Crippen molar-refractivity contribution in [3.63, 3.8) is 0 Å². The number of fused-ring (bicyclic) bond motifs is 1. The Morgan fingerprint density at radius 1 is 1.19 bits per heavy atom. The number of pyridine rings is 1. The minimum absolute atomic E-state index is 0.0599. The van der Waals surface area contributed by atoms with Crippen LogP contribution in [0.25, 0.3) is 5.65 Å². The molecule has 21 heavy (non-hydrogen) atoms. The summed E-state index contributed by atoms with van der Waals surface area (Å²) in [4.78, 5) is 16.6. The molecule has 4 heteroatoms. The molecule has 1 unspecified atom stereocenters. The highest BCUT2D eigenvalue weighted by Gasteiger charge is 2.13. The number of imidazole rings is 1. The molecule has 3 aromatic rings. The molecule has 1 atom stereocenters. The Morgan fingerprint density at radius 2 is 1.95 bits per heavy atom. The number of hydrogen-bond acceptors (Lipinski definition) is 2. The second-order valence-electron chi connectivity index (χ2n) is 5.16. The molecule has 0 bridgehead atoms. The first-order chi connectivity index (χ1) is 10.2. The molecule has 3 rings (SSSR count). The van der Waals surface area contributed by atoms with E-state index in [1.54, 1.807) is 6.20 Å². The van der Waals surface area contributed by atoms with Crippen molar-refractivity contribution in [1.82, 2.24) is 14.7 Å². The van der Waals surface area contributed by atoms with Gasteiger partial charge in [-0.15, -0.1) is 0 Å². The van der Waals surface area contributed by atoms with Gasteiger partial charge in [0, 0.05) is 18.4 Å². The van der Waals surface area contributed by atoms with Crippen molar-refractivity contribution >= 4 is 11.6 Å². The van der Waals surface area contributed by atoms with Crippen molar-refractivity contribution in [2.45, 2.75) is 19.4 Å². The highest BCUT2D eigenvalue weighted by atomic mass is 16.1. The van der Waals surface area contributed by atoms with Gasteiger partial charge in [-0.2, -0.15) is 0 Å². The van der Waals surface area contributed by atoms with Crippen LogP contribution in [-0.4, -0.2) is 21.3 Å². The van der Waals surface area contributed by atoms with E-state index in [-0.39, 0.29) is 11.9 Å². The predicted molar refractivity (Wildman–Crippen MR) is 82.3 cm³/mol. The number of carbonyl (C=O) groups is 1. The molecule has 106 valence electrons. The molecule has 0 spiro atoms. The molecule has 0 aliphatic carbocycles. The Morgan fingerprint density at radius 3 is 2.71 bits per heavy atom. The van der Waals surface area contributed by atoms with E-state index in [0.717, 1.165) is 12.1 Å². The van der Waals surface area contributed by atoms with Crippen LogP contribution >= 0.6 is 0 Å². The van der Waals surface area contributed by atoms with E-state index in [0.29, 0.717) is 5.69 Å². The SMILES string of the molecule is CC(Cc1ccccc1)NC(=O)c1cn2ccccc2n1. The summed E-state index contributed by atoms with van der Waals surface area (Å²) in [6.07, 6.45) is 4.44. The maximum atomic E-state index is 12.2. The monoisotopic (exact) mass is 279 g/mol. The Bertz CT molecular complexity index is 716. The number of aromatic nitrogens is 2. The van der Waals surface area contributed by atoms with Crippen LogP contribution in [0.1, 0.15) is 23.0 Å². The molecule has 0 aliphatic rings. The zero-order valence-corrected chi connectivity index (χ0v) is 11.9. The first kappa shape index (κ1) is 13.4. The van der Waals surface area contributed by atoms with Gasteiger partial charge in [0.05, 0.1) is 0 Å². The number of nitrogens with one attached hydrogen (secondary N) is 1. The Kier molecular flexibility index (Phi) is 3.69. The second kappa shape index (κ2) is 5.79. The lowest BCUT2D eigenvalue weighted by molar-refractivity contribution is 0.0935. The third kappa shape index (κ3) is 3.11. The van der Waals surface area contributed by atoms with Gasteiger partial charge in [0.15, 0.2) is 0 Å². The maximum Gasteiger partial charge on any atom is 0.271 e. The largest absolute Gasteiger partial charge is 0.348 e. The highest BCUT2D eigenvalue weighted by Crippen LogP contribution is 2.06. The number of benzene rings is 1. The summed E-state index contributed by atoms with van der Waals surface area (Å²) in [5.41, 5.74) is 2.43. The van der Waals surface area contributed by atoms with Gasteiger partial charge in [0.25, 0.3) is 5.91 Å². The summed E-state index contributed by atoms with van der Waals surface area (Å²) in [6.45, 7) is 2.00. The average molecular weight is 279 g/mol. The summed E-state index contributed by atoms with van der Waals surface area (Å²) < 4.78 is 1.84. The standard InChI is InChI=1S/C17H17N3O/c1-13(11-14-7-3-2-4-8-14)18-17(21)15-12-20-10-6-5-9-16(20)19-15/h2-10,12-13H,11H2,1H3,(H,18,21). The zero-order chi connectivity index (χ0) is 14.7. The summed E-state index contributed by atoms with van der Waals surface area (Å²) in [5.74, 6) is -0.137. The minimum atomic E-state index is -0.137. The maximum absolute atomic E-state index is 12.2. The summed E-state index contributed by atoms with van der Waals surface area (Å²) in [5, 5.41) is 2.99. The molecular weight excluding hydrogens is 262 g/mol. The molecule has 2 aromatic heterocycles. The van der Waals surface area contributed by atoms with Gasteiger partial charge in [0.2, 0.25) is 0 Å². The first-order valence-corrected chi connectivity index (χ1v) is 7.01. The Labute approximate surface area is 123 Å². The average Bonchev–Trinajstić information content (AvgIpc) is 2.92. The molecular formula is C17H17N3O. The Hall–Kier alpha value is -2.62. The fourth-order valence-corrected chi connectivity index (χ4v) is 2.36. The van der Waals surface area contributed by atoms with Crippen LogP contribution in [0.15, 0.2) is 60.9 Å². The van der Waals surface area contributed by atoms with Gasteiger partial charge in [-0.1, -0.05) is 36.4 Å². The lowest BCUT2D eigenvalue weighted by atomic mass is 10.1. The van der Waals surface area contributed by atoms with Crippen molar-refractivity contribution in [2.24, 2.45) is 0 Å². The summed E-state index contributed by atoms with van der Waals surface area (Å²) in [6, 6.07) is 15.9. The van der Waals surface area contributed by atoms with Crippen LogP contribution < -0.4 is 5.32 Å². The molecule has 0 fully saturated rings. The van der Waals surface area contributed by atoms with Crippen molar-refractivity contribution in [3.8, 4) is 0 Å². The first-order valence-electron chi connectivity index (χ1n) is 7.01. The number of carbonyl (C=O) groups excluding carboxylic acids is 1. The van der Waals surface area contributed by atoms with Crippen LogP contribution in [0.3, 0.4) is 0 Å². The van der Waals surface area contributed by atoms with Crippen molar-refractivity contribution < 1.29 is 4.79 Å². The molecule has 1 aromatic carbocycles. The van der Waals surface area contributed by atoms with E-state index in [1.807, 2.05) is 53.9 Å². The molecule has 0 radical (unpaired) electrons. The highest BCUT2D eigenvalue weighted by molar-refractivity contribution is 5.93. The molecule has 0 saturated heterocycles. The van der Waals surface area contributed by atoms with E-state index >= 15 is 0 Å². The lowest BCUT2D eigenvalue weighted by Crippen LogP contribution is -2.34. The Balaban J connectivity index is 1.68. The van der Waals surface area contributed by atoms with Crippen molar-refractivity contribution in [2.75, 3.05) is 0 Å². The smallest absolute Gasteiger partial charge is 0.271 e. The topological polar surface area (TPSA) is 46.4 Å². The molecule has 4 nitrogen and oxygen atoms in total. The molecule has 1 N–H and O–H groups in total. The van der Waals surface area contributed by atoms with Crippen LogP contribution in [0, 0.1) is 0 Å². The third-order valence-electron chi connectivity index (χ3n) is 3.36. The van der Waals surface area contributed by atoms with Gasteiger partial charge >= 0.3 is 0 Å². The van der Waals surface area contributed by atoms with Crippen LogP contribution in [0.5, 0.6) is 0 Å². The summed E-state index contributed by atoms with van der Waals surface area (Å²) >= 11 is 0. The van der Waals surface area contributed by atoms with E-state index in [9.17, 15) is 4.79 Å². The van der Waals surface area contributed by atoms with Crippen LogP contribution in [0.2, 0.25) is 0 Å². The minimum Gasteiger partial charge on any atom is -0.348 e. The second-order valence-corrected chi connectivity index (χ2v) is 5.16. The van der Waals surface area contributed by atoms with Gasteiger partial charge < -0.3 is 9.72 Å². The van der Waals surface area contributed by atoms with Crippen molar-refractivity contribution in [1.29, 1.82) is 0 Å². The molecule has 2 heterocycles. The fraction of sp³-hybridized carbons (Fsp3) is 0.176.